The molecule has 0 spiro atoms. The summed E-state index contributed by atoms with van der Waals surface area (Å²) in [5.41, 5.74) is 7.28. The van der Waals surface area contributed by atoms with Gasteiger partial charge in [0.2, 0.25) is 5.78 Å². The molecule has 1 heterocycles. The van der Waals surface area contributed by atoms with E-state index in [1.807, 2.05) is 0 Å². The smallest absolute Gasteiger partial charge is 0.291 e. The number of benzene rings is 1. The van der Waals surface area contributed by atoms with Crippen LogP contribution in [-0.2, 0) is 4.79 Å². The average molecular weight is 282 g/mol. The summed E-state index contributed by atoms with van der Waals surface area (Å²) in [6.07, 6.45) is 1.70. The minimum Gasteiger partial charge on any atom is -0.458 e. The molecule has 0 aliphatic carbocycles. The van der Waals surface area contributed by atoms with Crippen LogP contribution in [0.1, 0.15) is 29.5 Å². The lowest BCUT2D eigenvalue weighted by Crippen LogP contribution is -2.10. The molecule has 1 amide bonds. The van der Waals surface area contributed by atoms with Gasteiger partial charge in [-0.15, -0.1) is 0 Å². The van der Waals surface area contributed by atoms with Gasteiger partial charge in [-0.3, -0.25) is 9.59 Å². The van der Waals surface area contributed by atoms with E-state index < -0.39 is 5.91 Å². The number of furan rings is 1. The van der Waals surface area contributed by atoms with Crippen molar-refractivity contribution in [2.45, 2.75) is 13.3 Å². The van der Waals surface area contributed by atoms with E-state index in [0.29, 0.717) is 23.4 Å². The van der Waals surface area contributed by atoms with Gasteiger partial charge in [-0.25, -0.2) is 0 Å². The predicted octanol–water partition coefficient (Wildman–Crippen LogP) is 2.44. The van der Waals surface area contributed by atoms with E-state index in [9.17, 15) is 9.59 Å². The highest BCUT2D eigenvalue weighted by molar-refractivity contribution is 6.02. The molecule has 2 aromatic rings. The summed E-state index contributed by atoms with van der Waals surface area (Å²) in [5.74, 6) is 4.68. The maximum absolute atomic E-state index is 12.0. The summed E-state index contributed by atoms with van der Waals surface area (Å²) in [6.45, 7) is 1.73. The van der Waals surface area contributed by atoms with Gasteiger partial charge in [0.1, 0.15) is 6.26 Å². The van der Waals surface area contributed by atoms with Gasteiger partial charge in [-0.2, -0.15) is 0 Å². The van der Waals surface area contributed by atoms with E-state index >= 15 is 0 Å². The van der Waals surface area contributed by atoms with E-state index in [1.54, 1.807) is 31.2 Å². The van der Waals surface area contributed by atoms with Crippen molar-refractivity contribution in [2.75, 3.05) is 11.1 Å². The Hall–Kier alpha value is -3.00. The summed E-state index contributed by atoms with van der Waals surface area (Å²) in [5, 5.41) is 2.67. The first-order valence-electron chi connectivity index (χ1n) is 6.38. The second kappa shape index (κ2) is 6.44. The molecular formula is C16H14N2O3. The minimum atomic E-state index is -0.394. The standard InChI is InChI=1S/C16H14N2O3/c1-2-14(19)8-3-11-9-15(21-10-11)16(20)18-13-6-4-12(17)5-7-13/h4-7,9-10H,2,17H2,1H3,(H,18,20). The normalized spacial score (nSPS) is 9.57. The lowest BCUT2D eigenvalue weighted by atomic mass is 10.2. The van der Waals surface area contributed by atoms with Crippen molar-refractivity contribution in [3.05, 3.63) is 47.9 Å². The number of nitrogen functional groups attached to an aromatic ring is 1. The summed E-state index contributed by atoms with van der Waals surface area (Å²) in [6, 6.07) is 8.24. The Morgan fingerprint density at radius 3 is 2.67 bits per heavy atom. The molecule has 5 heteroatoms. The molecule has 3 N–H and O–H groups in total. The Bertz CT molecular complexity index is 718. The monoisotopic (exact) mass is 282 g/mol. The Labute approximate surface area is 122 Å². The fourth-order valence-electron chi connectivity index (χ4n) is 1.51. The molecule has 0 bridgehead atoms. The zero-order chi connectivity index (χ0) is 15.2. The van der Waals surface area contributed by atoms with Crippen molar-refractivity contribution in [1.29, 1.82) is 0 Å². The highest BCUT2D eigenvalue weighted by Gasteiger charge is 2.10. The molecule has 0 radical (unpaired) electrons. The van der Waals surface area contributed by atoms with Crippen LogP contribution in [0, 0.1) is 11.8 Å². The summed E-state index contributed by atoms with van der Waals surface area (Å²) < 4.78 is 5.14. The molecule has 0 atom stereocenters. The molecule has 1 aromatic heterocycles. The molecule has 106 valence electrons. The van der Waals surface area contributed by atoms with Crippen LogP contribution in [-0.4, -0.2) is 11.7 Å². The van der Waals surface area contributed by atoms with Crippen LogP contribution in [0.3, 0.4) is 0 Å². The lowest BCUT2D eigenvalue weighted by Gasteiger charge is -2.02. The first-order chi connectivity index (χ1) is 10.1. The molecule has 5 nitrogen and oxygen atoms in total. The SMILES string of the molecule is CCC(=O)C#Cc1coc(C(=O)Nc2ccc(N)cc2)c1. The zero-order valence-corrected chi connectivity index (χ0v) is 11.5. The molecule has 1 aromatic carbocycles. The highest BCUT2D eigenvalue weighted by atomic mass is 16.3. The first kappa shape index (κ1) is 14.4. The van der Waals surface area contributed by atoms with Crippen LogP contribution in [0.25, 0.3) is 0 Å². The Morgan fingerprint density at radius 2 is 2.00 bits per heavy atom. The van der Waals surface area contributed by atoms with Crippen LogP contribution in [0.4, 0.5) is 11.4 Å². The van der Waals surface area contributed by atoms with Gasteiger partial charge < -0.3 is 15.5 Å². The van der Waals surface area contributed by atoms with Crippen molar-refractivity contribution < 1.29 is 14.0 Å². The van der Waals surface area contributed by atoms with Crippen LogP contribution in [0.2, 0.25) is 0 Å². The number of anilines is 2. The number of Topliss-reactive ketones (excluding diaryl/α,β-unsaturated/α-hetero) is 1. The van der Waals surface area contributed by atoms with Gasteiger partial charge in [0.05, 0.1) is 5.56 Å². The average Bonchev–Trinajstić information content (AvgIpc) is 2.96. The number of amides is 1. The second-order valence-corrected chi connectivity index (χ2v) is 4.30. The van der Waals surface area contributed by atoms with Crippen LogP contribution < -0.4 is 11.1 Å². The van der Waals surface area contributed by atoms with Crippen molar-refractivity contribution in [2.24, 2.45) is 0 Å². The van der Waals surface area contributed by atoms with Crippen molar-refractivity contribution in [3.63, 3.8) is 0 Å². The van der Waals surface area contributed by atoms with Crippen molar-refractivity contribution in [3.8, 4) is 11.8 Å². The molecule has 0 saturated heterocycles. The van der Waals surface area contributed by atoms with Crippen LogP contribution in [0.5, 0.6) is 0 Å². The third-order valence-corrected chi connectivity index (χ3v) is 2.66. The van der Waals surface area contributed by atoms with Crippen LogP contribution in [0.15, 0.2) is 41.0 Å². The molecule has 0 fully saturated rings. The van der Waals surface area contributed by atoms with Crippen molar-refractivity contribution >= 4 is 23.1 Å². The van der Waals surface area contributed by atoms with Gasteiger partial charge in [0, 0.05) is 23.9 Å². The second-order valence-electron chi connectivity index (χ2n) is 4.30. The lowest BCUT2D eigenvalue weighted by molar-refractivity contribution is -0.113. The number of rotatable bonds is 3. The number of ketones is 1. The molecule has 21 heavy (non-hydrogen) atoms. The molecule has 0 aliphatic rings. The molecule has 0 unspecified atom stereocenters. The maximum atomic E-state index is 12.0. The topological polar surface area (TPSA) is 85.3 Å². The van der Waals surface area contributed by atoms with Crippen molar-refractivity contribution in [1.82, 2.24) is 0 Å². The molecule has 0 saturated carbocycles. The van der Waals surface area contributed by atoms with E-state index in [2.05, 4.69) is 17.2 Å². The van der Waals surface area contributed by atoms with Gasteiger partial charge >= 0.3 is 0 Å². The maximum Gasteiger partial charge on any atom is 0.291 e. The predicted molar refractivity (Wildman–Crippen MR) is 79.7 cm³/mol. The number of nitrogens with one attached hydrogen (secondary N) is 1. The number of hydrogen-bond acceptors (Lipinski definition) is 4. The summed E-state index contributed by atoms with van der Waals surface area (Å²) in [4.78, 5) is 23.1. The van der Waals surface area contributed by atoms with E-state index in [-0.39, 0.29) is 11.5 Å². The third kappa shape index (κ3) is 3.98. The Morgan fingerprint density at radius 1 is 1.29 bits per heavy atom. The number of carbonyl (C=O) groups is 2. The molecular weight excluding hydrogens is 268 g/mol. The zero-order valence-electron chi connectivity index (χ0n) is 11.5. The fraction of sp³-hybridized carbons (Fsp3) is 0.125. The van der Waals surface area contributed by atoms with Gasteiger partial charge in [0.15, 0.2) is 5.76 Å². The molecule has 2 rings (SSSR count). The first-order valence-corrected chi connectivity index (χ1v) is 6.38. The number of nitrogens with two attached hydrogens (primary N) is 1. The summed E-state index contributed by atoms with van der Waals surface area (Å²) >= 11 is 0. The van der Waals surface area contributed by atoms with E-state index in [0.717, 1.165) is 0 Å². The molecule has 0 aliphatic heterocycles. The van der Waals surface area contributed by atoms with Crippen LogP contribution >= 0.6 is 0 Å². The minimum absolute atomic E-state index is 0.125. The van der Waals surface area contributed by atoms with Gasteiger partial charge in [0.25, 0.3) is 5.91 Å². The van der Waals surface area contributed by atoms with E-state index in [4.69, 9.17) is 10.2 Å². The highest BCUT2D eigenvalue weighted by Crippen LogP contribution is 2.13. The fourth-order valence-corrected chi connectivity index (χ4v) is 1.51. The Balaban J connectivity index is 2.06. The van der Waals surface area contributed by atoms with E-state index in [1.165, 1.54) is 12.3 Å². The van der Waals surface area contributed by atoms with Gasteiger partial charge in [-0.05, 0) is 30.2 Å². The quantitative estimate of drug-likeness (QED) is 0.669. The largest absolute Gasteiger partial charge is 0.458 e. The van der Waals surface area contributed by atoms with Gasteiger partial charge in [-0.1, -0.05) is 12.8 Å². The summed E-state index contributed by atoms with van der Waals surface area (Å²) in [7, 11) is 0. The Kier molecular flexibility index (Phi) is 4.42. The number of carbonyl (C=O) groups excluding carboxylic acids is 2. The third-order valence-electron chi connectivity index (χ3n) is 2.66. The number of hydrogen-bond donors (Lipinski definition) is 2.